The Hall–Kier alpha value is -0.355. The molecular formula is C15H31BO4. The summed E-state index contributed by atoms with van der Waals surface area (Å²) in [6.07, 6.45) is 2.17. The van der Waals surface area contributed by atoms with E-state index in [0.717, 1.165) is 0 Å². The van der Waals surface area contributed by atoms with E-state index < -0.39 is 29.5 Å². The minimum atomic E-state index is -1.02. The number of rotatable bonds is 8. The summed E-state index contributed by atoms with van der Waals surface area (Å²) in [6.45, 7) is 17.7. The summed E-state index contributed by atoms with van der Waals surface area (Å²) in [6, 6.07) is 0. The van der Waals surface area contributed by atoms with Gasteiger partial charge in [0.15, 0.2) is 0 Å². The third-order valence-corrected chi connectivity index (χ3v) is 4.16. The van der Waals surface area contributed by atoms with Gasteiger partial charge in [-0.2, -0.15) is 0 Å². The summed E-state index contributed by atoms with van der Waals surface area (Å²) >= 11 is 0. The lowest BCUT2D eigenvalue weighted by Crippen LogP contribution is -2.55. The summed E-state index contributed by atoms with van der Waals surface area (Å²) in [5, 5.41) is 20.3. The first-order chi connectivity index (χ1) is 8.64. The van der Waals surface area contributed by atoms with Crippen molar-refractivity contribution in [1.82, 2.24) is 0 Å². The van der Waals surface area contributed by atoms with Gasteiger partial charge in [-0.05, 0) is 55.4 Å². The summed E-state index contributed by atoms with van der Waals surface area (Å²) in [5.41, 5.74) is -3.63. The van der Waals surface area contributed by atoms with Crippen molar-refractivity contribution in [2.24, 2.45) is 0 Å². The molecule has 0 atom stereocenters. The molecule has 0 radical (unpaired) electrons. The molecule has 0 aliphatic carbocycles. The van der Waals surface area contributed by atoms with E-state index >= 15 is 0 Å². The third-order valence-electron chi connectivity index (χ3n) is 4.16. The lowest BCUT2D eigenvalue weighted by molar-refractivity contribution is -0.134. The van der Waals surface area contributed by atoms with E-state index in [2.05, 4.69) is 6.58 Å². The second-order valence-electron chi connectivity index (χ2n) is 7.33. The standard InChI is InChI=1S/C15H31BO4/c1-10-11-16(19-14(6,7)12(2,3)17)20-15(8,9)13(4,5)18/h10,17-18H,1,11H2,2-9H3. The summed E-state index contributed by atoms with van der Waals surface area (Å²) in [4.78, 5) is 0. The summed E-state index contributed by atoms with van der Waals surface area (Å²) < 4.78 is 11.8. The third kappa shape index (κ3) is 5.21. The van der Waals surface area contributed by atoms with Crippen LogP contribution in [0.2, 0.25) is 6.32 Å². The first-order valence-corrected chi connectivity index (χ1v) is 7.05. The highest BCUT2D eigenvalue weighted by Crippen LogP contribution is 2.31. The van der Waals surface area contributed by atoms with Gasteiger partial charge < -0.3 is 19.5 Å². The molecule has 0 rings (SSSR count). The SMILES string of the molecule is C=CCB(OC(C)(C)C(C)(C)O)OC(C)(C)C(C)(C)O. The monoisotopic (exact) mass is 286 g/mol. The van der Waals surface area contributed by atoms with Crippen LogP contribution in [0.5, 0.6) is 0 Å². The van der Waals surface area contributed by atoms with Crippen LogP contribution in [-0.4, -0.2) is 39.7 Å². The normalized spacial score (nSPS) is 14.3. The van der Waals surface area contributed by atoms with Gasteiger partial charge in [0.05, 0.1) is 22.4 Å². The average molecular weight is 286 g/mol. The molecule has 0 unspecified atom stereocenters. The van der Waals surface area contributed by atoms with E-state index in [1.165, 1.54) is 0 Å². The lowest BCUT2D eigenvalue weighted by atomic mass is 9.77. The molecule has 5 heteroatoms. The van der Waals surface area contributed by atoms with Gasteiger partial charge in [0, 0.05) is 6.32 Å². The Bertz CT molecular complexity index is 296. The molecule has 118 valence electrons. The Labute approximate surface area is 124 Å². The van der Waals surface area contributed by atoms with Crippen molar-refractivity contribution in [1.29, 1.82) is 0 Å². The van der Waals surface area contributed by atoms with Gasteiger partial charge in [0.1, 0.15) is 0 Å². The van der Waals surface area contributed by atoms with E-state index in [1.54, 1.807) is 33.8 Å². The minimum absolute atomic E-state index is 0.471. The highest BCUT2D eigenvalue weighted by Gasteiger charge is 2.44. The van der Waals surface area contributed by atoms with Crippen LogP contribution in [0.15, 0.2) is 12.7 Å². The van der Waals surface area contributed by atoms with Crippen LogP contribution in [-0.2, 0) is 9.31 Å². The lowest BCUT2D eigenvalue weighted by Gasteiger charge is -2.43. The van der Waals surface area contributed by atoms with E-state index in [4.69, 9.17) is 9.31 Å². The predicted molar refractivity (Wildman–Crippen MR) is 83.7 cm³/mol. The largest absolute Gasteiger partial charge is 0.461 e. The van der Waals surface area contributed by atoms with Crippen LogP contribution >= 0.6 is 0 Å². The van der Waals surface area contributed by atoms with Crippen LogP contribution in [0.1, 0.15) is 55.4 Å². The first kappa shape index (κ1) is 19.6. The van der Waals surface area contributed by atoms with Crippen molar-refractivity contribution in [3.05, 3.63) is 12.7 Å². The molecule has 0 aliphatic heterocycles. The molecule has 0 amide bonds. The minimum Gasteiger partial charge on any atom is -0.403 e. The molecule has 0 spiro atoms. The fourth-order valence-electron chi connectivity index (χ4n) is 1.20. The molecule has 0 aromatic rings. The van der Waals surface area contributed by atoms with Gasteiger partial charge in [0.25, 0.3) is 0 Å². The van der Waals surface area contributed by atoms with Gasteiger partial charge in [-0.1, -0.05) is 6.08 Å². The predicted octanol–water partition coefficient (Wildman–Crippen LogP) is 2.79. The number of hydrogen-bond acceptors (Lipinski definition) is 4. The van der Waals surface area contributed by atoms with Crippen molar-refractivity contribution in [2.75, 3.05) is 0 Å². The Morgan fingerprint density at radius 2 is 1.15 bits per heavy atom. The van der Waals surface area contributed by atoms with Gasteiger partial charge in [-0.3, -0.25) is 0 Å². The second kappa shape index (κ2) is 6.18. The Morgan fingerprint density at radius 3 is 1.35 bits per heavy atom. The molecular weight excluding hydrogens is 255 g/mol. The molecule has 0 aromatic heterocycles. The highest BCUT2D eigenvalue weighted by atomic mass is 16.6. The van der Waals surface area contributed by atoms with Crippen molar-refractivity contribution in [3.8, 4) is 0 Å². The fourth-order valence-corrected chi connectivity index (χ4v) is 1.20. The maximum absolute atomic E-state index is 10.2. The molecule has 0 fully saturated rings. The topological polar surface area (TPSA) is 58.9 Å². The average Bonchev–Trinajstić information content (AvgIpc) is 2.12. The number of hydrogen-bond donors (Lipinski definition) is 2. The molecule has 0 bridgehead atoms. The van der Waals surface area contributed by atoms with Crippen molar-refractivity contribution in [3.63, 3.8) is 0 Å². The van der Waals surface area contributed by atoms with Crippen LogP contribution in [0.25, 0.3) is 0 Å². The molecule has 0 saturated heterocycles. The zero-order valence-corrected chi connectivity index (χ0v) is 14.3. The molecule has 2 N–H and O–H groups in total. The van der Waals surface area contributed by atoms with Crippen molar-refractivity contribution >= 4 is 7.12 Å². The van der Waals surface area contributed by atoms with Gasteiger partial charge >= 0.3 is 7.12 Å². The summed E-state index contributed by atoms with van der Waals surface area (Å²) in [5.74, 6) is 0. The smallest absolute Gasteiger partial charge is 0.403 e. The maximum atomic E-state index is 10.2. The summed E-state index contributed by atoms with van der Waals surface area (Å²) in [7, 11) is -0.588. The van der Waals surface area contributed by atoms with E-state index in [9.17, 15) is 10.2 Å². The highest BCUT2D eigenvalue weighted by molar-refractivity contribution is 6.45. The van der Waals surface area contributed by atoms with Gasteiger partial charge in [0.2, 0.25) is 0 Å². The van der Waals surface area contributed by atoms with Crippen LogP contribution in [0.3, 0.4) is 0 Å². The first-order valence-electron chi connectivity index (χ1n) is 7.05. The molecule has 0 heterocycles. The van der Waals surface area contributed by atoms with E-state index in [-0.39, 0.29) is 0 Å². The zero-order valence-electron chi connectivity index (χ0n) is 14.3. The van der Waals surface area contributed by atoms with Crippen LogP contribution in [0.4, 0.5) is 0 Å². The van der Waals surface area contributed by atoms with Crippen molar-refractivity contribution < 1.29 is 19.5 Å². The fraction of sp³-hybridized carbons (Fsp3) is 0.867. The van der Waals surface area contributed by atoms with Gasteiger partial charge in [-0.15, -0.1) is 6.58 Å². The quantitative estimate of drug-likeness (QED) is 0.532. The maximum Gasteiger partial charge on any atom is 0.461 e. The Morgan fingerprint density at radius 1 is 0.850 bits per heavy atom. The van der Waals surface area contributed by atoms with Crippen LogP contribution in [0, 0.1) is 0 Å². The van der Waals surface area contributed by atoms with Gasteiger partial charge in [-0.25, -0.2) is 0 Å². The zero-order chi connectivity index (χ0) is 16.4. The molecule has 4 nitrogen and oxygen atoms in total. The Kier molecular flexibility index (Phi) is 6.07. The number of aliphatic hydroxyl groups is 2. The van der Waals surface area contributed by atoms with Crippen molar-refractivity contribution in [2.45, 2.75) is 84.1 Å². The molecule has 0 saturated carbocycles. The Balaban J connectivity index is 5.06. The number of allylic oxidation sites excluding steroid dienone is 1. The molecule has 0 aromatic carbocycles. The molecule has 20 heavy (non-hydrogen) atoms. The van der Waals surface area contributed by atoms with E-state index in [1.807, 2.05) is 27.7 Å². The second-order valence-corrected chi connectivity index (χ2v) is 7.33. The van der Waals surface area contributed by atoms with E-state index in [0.29, 0.717) is 6.32 Å². The molecule has 0 aliphatic rings. The van der Waals surface area contributed by atoms with Crippen LogP contribution < -0.4 is 0 Å².